The standard InChI is InChI=1S/C19H13Cl3N2S/c20-12-3-6-14(7-4-12)24-18(15-8-5-13(21)10-16(15)22)11-17(23-24)19-2-1-9-25-19/h1-10,18H,11H2. The Bertz CT molecular complexity index is 920. The highest BCUT2D eigenvalue weighted by atomic mass is 35.5. The van der Waals surface area contributed by atoms with Gasteiger partial charge in [-0.2, -0.15) is 5.10 Å². The van der Waals surface area contributed by atoms with E-state index in [1.807, 2.05) is 47.5 Å². The third kappa shape index (κ3) is 3.42. The van der Waals surface area contributed by atoms with Crippen molar-refractivity contribution in [2.24, 2.45) is 5.10 Å². The van der Waals surface area contributed by atoms with Crippen LogP contribution < -0.4 is 5.01 Å². The molecule has 2 aromatic carbocycles. The summed E-state index contributed by atoms with van der Waals surface area (Å²) < 4.78 is 0. The lowest BCUT2D eigenvalue weighted by atomic mass is 10.0. The van der Waals surface area contributed by atoms with Crippen molar-refractivity contribution in [3.63, 3.8) is 0 Å². The Balaban J connectivity index is 1.77. The molecule has 6 heteroatoms. The SMILES string of the molecule is Clc1ccc(N2N=C(c3cccs3)CC2c2ccc(Cl)cc2Cl)cc1. The fourth-order valence-corrected chi connectivity index (χ4v) is 4.33. The van der Waals surface area contributed by atoms with Crippen molar-refractivity contribution in [3.05, 3.63) is 85.5 Å². The molecule has 4 rings (SSSR count). The van der Waals surface area contributed by atoms with E-state index in [0.29, 0.717) is 15.1 Å². The Labute approximate surface area is 165 Å². The molecule has 0 aliphatic carbocycles. The van der Waals surface area contributed by atoms with Gasteiger partial charge in [-0.05, 0) is 53.4 Å². The molecule has 1 aromatic heterocycles. The summed E-state index contributed by atoms with van der Waals surface area (Å²) in [7, 11) is 0. The van der Waals surface area contributed by atoms with Gasteiger partial charge in [-0.25, -0.2) is 0 Å². The highest BCUT2D eigenvalue weighted by Gasteiger charge is 2.31. The largest absolute Gasteiger partial charge is 0.257 e. The molecule has 3 aromatic rings. The van der Waals surface area contributed by atoms with E-state index in [-0.39, 0.29) is 6.04 Å². The van der Waals surface area contributed by atoms with E-state index >= 15 is 0 Å². The van der Waals surface area contributed by atoms with E-state index in [0.717, 1.165) is 23.4 Å². The first kappa shape index (κ1) is 16.9. The van der Waals surface area contributed by atoms with Crippen LogP contribution in [0.1, 0.15) is 22.9 Å². The molecule has 0 saturated carbocycles. The van der Waals surface area contributed by atoms with E-state index in [4.69, 9.17) is 39.9 Å². The number of nitrogens with zero attached hydrogens (tertiary/aromatic N) is 2. The number of hydrogen-bond donors (Lipinski definition) is 0. The summed E-state index contributed by atoms with van der Waals surface area (Å²) in [6.45, 7) is 0. The van der Waals surface area contributed by atoms with Crippen LogP contribution in [0.4, 0.5) is 5.69 Å². The maximum absolute atomic E-state index is 6.48. The molecule has 25 heavy (non-hydrogen) atoms. The molecular weight excluding hydrogens is 395 g/mol. The molecular formula is C19H13Cl3N2S. The lowest BCUT2D eigenvalue weighted by molar-refractivity contribution is 0.709. The first-order chi connectivity index (χ1) is 12.1. The van der Waals surface area contributed by atoms with Crippen LogP contribution in [-0.2, 0) is 0 Å². The third-order valence-electron chi connectivity index (χ3n) is 4.13. The number of halogens is 3. The molecule has 0 N–H and O–H groups in total. The Hall–Kier alpha value is -1.52. The first-order valence-corrected chi connectivity index (χ1v) is 9.74. The van der Waals surface area contributed by atoms with Crippen molar-refractivity contribution in [1.29, 1.82) is 0 Å². The van der Waals surface area contributed by atoms with Crippen LogP contribution in [0, 0.1) is 0 Å². The molecule has 2 nitrogen and oxygen atoms in total. The van der Waals surface area contributed by atoms with Gasteiger partial charge in [0.25, 0.3) is 0 Å². The van der Waals surface area contributed by atoms with E-state index in [1.165, 1.54) is 4.88 Å². The molecule has 1 aliphatic heterocycles. The maximum Gasteiger partial charge on any atom is 0.0846 e. The van der Waals surface area contributed by atoms with Gasteiger partial charge in [-0.15, -0.1) is 11.3 Å². The minimum atomic E-state index is 0.0167. The Kier molecular flexibility index (Phi) is 4.74. The van der Waals surface area contributed by atoms with Gasteiger partial charge in [0.05, 0.1) is 22.3 Å². The first-order valence-electron chi connectivity index (χ1n) is 7.73. The van der Waals surface area contributed by atoms with Crippen LogP contribution in [0.25, 0.3) is 0 Å². The van der Waals surface area contributed by atoms with Gasteiger partial charge in [0.15, 0.2) is 0 Å². The summed E-state index contributed by atoms with van der Waals surface area (Å²) in [6, 6.07) is 17.5. The molecule has 0 bridgehead atoms. The van der Waals surface area contributed by atoms with Crippen molar-refractivity contribution in [2.45, 2.75) is 12.5 Å². The van der Waals surface area contributed by atoms with Crippen molar-refractivity contribution < 1.29 is 0 Å². The second kappa shape index (κ2) is 7.00. The minimum absolute atomic E-state index is 0.0167. The Morgan fingerprint density at radius 3 is 2.40 bits per heavy atom. The zero-order chi connectivity index (χ0) is 17.4. The van der Waals surface area contributed by atoms with Crippen LogP contribution in [0.5, 0.6) is 0 Å². The summed E-state index contributed by atoms with van der Waals surface area (Å²) in [5.74, 6) is 0. The summed E-state index contributed by atoms with van der Waals surface area (Å²) in [5, 5.41) is 10.9. The minimum Gasteiger partial charge on any atom is -0.257 e. The van der Waals surface area contributed by atoms with E-state index in [9.17, 15) is 0 Å². The second-order valence-corrected chi connectivity index (χ2v) is 7.96. The van der Waals surface area contributed by atoms with E-state index in [2.05, 4.69) is 11.4 Å². The van der Waals surface area contributed by atoms with Crippen LogP contribution in [0.15, 0.2) is 65.1 Å². The lowest BCUT2D eigenvalue weighted by Crippen LogP contribution is -2.18. The van der Waals surface area contributed by atoms with E-state index in [1.54, 1.807) is 17.4 Å². The summed E-state index contributed by atoms with van der Waals surface area (Å²) in [4.78, 5) is 1.17. The van der Waals surface area contributed by atoms with Gasteiger partial charge in [0.1, 0.15) is 0 Å². The normalized spacial score (nSPS) is 17.0. The van der Waals surface area contributed by atoms with Gasteiger partial charge in [-0.3, -0.25) is 5.01 Å². The monoisotopic (exact) mass is 406 g/mol. The van der Waals surface area contributed by atoms with Crippen LogP contribution in [-0.4, -0.2) is 5.71 Å². The lowest BCUT2D eigenvalue weighted by Gasteiger charge is -2.25. The van der Waals surface area contributed by atoms with Crippen molar-refractivity contribution >= 4 is 57.5 Å². The number of hydrogen-bond acceptors (Lipinski definition) is 3. The summed E-state index contributed by atoms with van der Waals surface area (Å²) in [6.07, 6.45) is 0.782. The fourth-order valence-electron chi connectivity index (χ4n) is 2.95. The molecule has 126 valence electrons. The quantitative estimate of drug-likeness (QED) is 0.453. The summed E-state index contributed by atoms with van der Waals surface area (Å²) in [5.41, 5.74) is 3.05. The predicted octanol–water partition coefficient (Wildman–Crippen LogP) is 7.06. The van der Waals surface area contributed by atoms with Gasteiger partial charge < -0.3 is 0 Å². The number of anilines is 1. The van der Waals surface area contributed by atoms with Gasteiger partial charge in [-0.1, -0.05) is 46.9 Å². The van der Waals surface area contributed by atoms with Gasteiger partial charge >= 0.3 is 0 Å². The maximum atomic E-state index is 6.48. The average Bonchev–Trinajstić information content (AvgIpc) is 3.25. The zero-order valence-corrected chi connectivity index (χ0v) is 16.1. The molecule has 1 atom stereocenters. The molecule has 0 fully saturated rings. The number of hydrazone groups is 1. The molecule has 2 heterocycles. The van der Waals surface area contributed by atoms with Crippen LogP contribution in [0.2, 0.25) is 15.1 Å². The van der Waals surface area contributed by atoms with Crippen molar-refractivity contribution in [2.75, 3.05) is 5.01 Å². The fraction of sp³-hybridized carbons (Fsp3) is 0.105. The Morgan fingerprint density at radius 1 is 0.960 bits per heavy atom. The molecule has 0 radical (unpaired) electrons. The molecule has 0 saturated heterocycles. The van der Waals surface area contributed by atoms with Crippen molar-refractivity contribution in [1.82, 2.24) is 0 Å². The molecule has 0 amide bonds. The topological polar surface area (TPSA) is 15.6 Å². The summed E-state index contributed by atoms with van der Waals surface area (Å²) >= 11 is 20.3. The highest BCUT2D eigenvalue weighted by Crippen LogP contribution is 2.40. The van der Waals surface area contributed by atoms with Crippen LogP contribution >= 0.6 is 46.1 Å². The predicted molar refractivity (Wildman–Crippen MR) is 109 cm³/mol. The number of rotatable bonds is 3. The highest BCUT2D eigenvalue weighted by molar-refractivity contribution is 7.12. The van der Waals surface area contributed by atoms with Crippen LogP contribution in [0.3, 0.4) is 0 Å². The Morgan fingerprint density at radius 2 is 1.72 bits per heavy atom. The number of thiophene rings is 1. The number of benzene rings is 2. The molecule has 1 aliphatic rings. The third-order valence-corrected chi connectivity index (χ3v) is 5.86. The average molecular weight is 408 g/mol. The molecule has 1 unspecified atom stereocenters. The van der Waals surface area contributed by atoms with Crippen molar-refractivity contribution in [3.8, 4) is 0 Å². The van der Waals surface area contributed by atoms with E-state index < -0.39 is 0 Å². The zero-order valence-electron chi connectivity index (χ0n) is 13.0. The van der Waals surface area contributed by atoms with Gasteiger partial charge in [0.2, 0.25) is 0 Å². The smallest absolute Gasteiger partial charge is 0.0846 e. The van der Waals surface area contributed by atoms with Gasteiger partial charge in [0, 0.05) is 21.5 Å². The molecule has 0 spiro atoms. The second-order valence-electron chi connectivity index (χ2n) is 5.73.